The number of hydrogen-bond acceptors (Lipinski definition) is 3. The van der Waals surface area contributed by atoms with Gasteiger partial charge in [-0.25, -0.2) is 0 Å². The van der Waals surface area contributed by atoms with Crippen LogP contribution < -0.4 is 0 Å². The third kappa shape index (κ3) is 2.17. The van der Waals surface area contributed by atoms with Crippen LogP contribution in [0.15, 0.2) is 54.9 Å². The molecule has 1 aromatic heterocycles. The van der Waals surface area contributed by atoms with Gasteiger partial charge in [0, 0.05) is 0 Å². The van der Waals surface area contributed by atoms with E-state index < -0.39 is 0 Å². The van der Waals surface area contributed by atoms with Crippen LogP contribution in [-0.2, 0) is 0 Å². The smallest absolute Gasteiger partial charge is 0.0991 e. The fourth-order valence-corrected chi connectivity index (χ4v) is 2.17. The van der Waals surface area contributed by atoms with Crippen molar-refractivity contribution < 1.29 is 0 Å². The van der Waals surface area contributed by atoms with E-state index >= 15 is 0 Å². The fourth-order valence-electron chi connectivity index (χ4n) is 2.17. The van der Waals surface area contributed by atoms with Gasteiger partial charge in [0.2, 0.25) is 0 Å². The normalized spacial score (nSPS) is 10.2. The van der Waals surface area contributed by atoms with Gasteiger partial charge in [-0.05, 0) is 47.9 Å². The zero-order valence-electron chi connectivity index (χ0n) is 11.0. The number of hydrogen-bond donors (Lipinski definition) is 0. The van der Waals surface area contributed by atoms with Gasteiger partial charge in [0.25, 0.3) is 0 Å². The van der Waals surface area contributed by atoms with Gasteiger partial charge in [-0.15, -0.1) is 0 Å². The molecule has 0 aliphatic rings. The molecule has 0 aliphatic heterocycles. The number of benzene rings is 2. The minimum absolute atomic E-state index is 0.665. The van der Waals surface area contributed by atoms with E-state index in [0.717, 1.165) is 22.4 Å². The fraction of sp³-hybridized carbons (Fsp3) is 0.0625. The van der Waals surface area contributed by atoms with Gasteiger partial charge < -0.3 is 0 Å². The second kappa shape index (κ2) is 4.98. The first-order valence-electron chi connectivity index (χ1n) is 6.26. The molecule has 20 heavy (non-hydrogen) atoms. The summed E-state index contributed by atoms with van der Waals surface area (Å²) in [5, 5.41) is 17.2. The molecule has 0 N–H and O–H groups in total. The molecule has 4 heteroatoms. The summed E-state index contributed by atoms with van der Waals surface area (Å²) in [5.41, 5.74) is 4.82. The quantitative estimate of drug-likeness (QED) is 0.711. The second-order valence-electron chi connectivity index (χ2n) is 4.51. The zero-order valence-corrected chi connectivity index (χ0v) is 11.0. The Morgan fingerprint density at radius 2 is 1.75 bits per heavy atom. The Morgan fingerprint density at radius 1 is 1.00 bits per heavy atom. The molecule has 0 saturated heterocycles. The van der Waals surface area contributed by atoms with Crippen LogP contribution in [0.5, 0.6) is 0 Å². The molecule has 0 fully saturated rings. The first-order valence-corrected chi connectivity index (χ1v) is 6.26. The Hall–Kier alpha value is -2.93. The highest BCUT2D eigenvalue weighted by molar-refractivity contribution is 5.67. The lowest BCUT2D eigenvalue weighted by Crippen LogP contribution is -2.00. The molecule has 96 valence electrons. The summed E-state index contributed by atoms with van der Waals surface area (Å²) >= 11 is 0. The molecule has 4 nitrogen and oxygen atoms in total. The van der Waals surface area contributed by atoms with Gasteiger partial charge in [-0.1, -0.05) is 18.2 Å². The highest BCUT2D eigenvalue weighted by atomic mass is 15.5. The molecule has 3 aromatic rings. The third-order valence-electron chi connectivity index (χ3n) is 3.16. The van der Waals surface area contributed by atoms with Crippen molar-refractivity contribution in [1.29, 1.82) is 5.26 Å². The molecular weight excluding hydrogens is 248 g/mol. The number of aryl methyl sites for hydroxylation is 1. The number of aromatic nitrogens is 3. The molecule has 3 rings (SSSR count). The molecular formula is C16H12N4. The largest absolute Gasteiger partial charge is 0.192 e. The molecule has 0 unspecified atom stereocenters. The summed E-state index contributed by atoms with van der Waals surface area (Å²) in [5.74, 6) is 0. The first kappa shape index (κ1) is 12.1. The van der Waals surface area contributed by atoms with Crippen LogP contribution in [0.2, 0.25) is 0 Å². The minimum Gasteiger partial charge on any atom is -0.192 e. The van der Waals surface area contributed by atoms with E-state index in [1.54, 1.807) is 23.3 Å². The maximum absolute atomic E-state index is 8.96. The Morgan fingerprint density at radius 3 is 2.45 bits per heavy atom. The molecule has 0 aliphatic carbocycles. The van der Waals surface area contributed by atoms with Crippen molar-refractivity contribution in [2.24, 2.45) is 0 Å². The van der Waals surface area contributed by atoms with E-state index in [1.165, 1.54) is 0 Å². The number of rotatable bonds is 2. The van der Waals surface area contributed by atoms with Crippen LogP contribution in [0.3, 0.4) is 0 Å². The summed E-state index contributed by atoms with van der Waals surface area (Å²) in [6, 6.07) is 15.8. The van der Waals surface area contributed by atoms with Crippen molar-refractivity contribution in [1.82, 2.24) is 15.0 Å². The summed E-state index contributed by atoms with van der Waals surface area (Å²) < 4.78 is 0. The molecule has 0 bridgehead atoms. The average Bonchev–Trinajstić information content (AvgIpc) is 3.01. The second-order valence-corrected chi connectivity index (χ2v) is 4.51. The van der Waals surface area contributed by atoms with E-state index in [-0.39, 0.29) is 0 Å². The van der Waals surface area contributed by atoms with Crippen molar-refractivity contribution in [2.75, 3.05) is 0 Å². The van der Waals surface area contributed by atoms with Crippen LogP contribution in [-0.4, -0.2) is 15.0 Å². The molecule has 0 amide bonds. The summed E-state index contributed by atoms with van der Waals surface area (Å²) in [6.45, 7) is 2.02. The van der Waals surface area contributed by atoms with E-state index in [2.05, 4.69) is 22.3 Å². The summed E-state index contributed by atoms with van der Waals surface area (Å²) in [7, 11) is 0. The topological polar surface area (TPSA) is 54.5 Å². The predicted molar refractivity (Wildman–Crippen MR) is 76.2 cm³/mol. The van der Waals surface area contributed by atoms with Crippen LogP contribution in [0, 0.1) is 18.3 Å². The van der Waals surface area contributed by atoms with Crippen LogP contribution in [0.25, 0.3) is 16.8 Å². The Balaban J connectivity index is 2.04. The van der Waals surface area contributed by atoms with Crippen LogP contribution in [0.1, 0.15) is 11.1 Å². The third-order valence-corrected chi connectivity index (χ3v) is 3.16. The zero-order chi connectivity index (χ0) is 13.9. The van der Waals surface area contributed by atoms with Crippen molar-refractivity contribution >= 4 is 0 Å². The van der Waals surface area contributed by atoms with Crippen LogP contribution in [0.4, 0.5) is 0 Å². The molecule has 2 aromatic carbocycles. The van der Waals surface area contributed by atoms with E-state index in [4.69, 9.17) is 5.26 Å². The lowest BCUT2D eigenvalue weighted by Gasteiger charge is -2.08. The highest BCUT2D eigenvalue weighted by Crippen LogP contribution is 2.24. The Labute approximate surface area is 116 Å². The SMILES string of the molecule is Cc1cc(-c2cccc(C#N)c2)ccc1-n1nccn1. The van der Waals surface area contributed by atoms with Crippen molar-refractivity contribution in [3.63, 3.8) is 0 Å². The van der Waals surface area contributed by atoms with E-state index in [0.29, 0.717) is 5.56 Å². The maximum Gasteiger partial charge on any atom is 0.0991 e. The van der Waals surface area contributed by atoms with Crippen molar-refractivity contribution in [3.05, 3.63) is 66.0 Å². The minimum atomic E-state index is 0.665. The molecule has 0 radical (unpaired) electrons. The summed E-state index contributed by atoms with van der Waals surface area (Å²) in [4.78, 5) is 1.60. The van der Waals surface area contributed by atoms with Crippen molar-refractivity contribution in [3.8, 4) is 22.9 Å². The van der Waals surface area contributed by atoms with Gasteiger partial charge in [0.15, 0.2) is 0 Å². The van der Waals surface area contributed by atoms with E-state index in [9.17, 15) is 0 Å². The van der Waals surface area contributed by atoms with Gasteiger partial charge in [0.05, 0.1) is 29.7 Å². The molecule has 1 heterocycles. The predicted octanol–water partition coefficient (Wildman–Crippen LogP) is 3.11. The summed E-state index contributed by atoms with van der Waals surface area (Å²) in [6.07, 6.45) is 3.31. The monoisotopic (exact) mass is 260 g/mol. The Kier molecular flexibility index (Phi) is 3.02. The van der Waals surface area contributed by atoms with Gasteiger partial charge in [-0.3, -0.25) is 0 Å². The van der Waals surface area contributed by atoms with E-state index in [1.807, 2.05) is 37.3 Å². The average molecular weight is 260 g/mol. The first-order chi connectivity index (χ1) is 9.78. The number of nitrogens with zero attached hydrogens (tertiary/aromatic N) is 4. The van der Waals surface area contributed by atoms with Gasteiger partial charge in [-0.2, -0.15) is 20.3 Å². The molecule has 0 saturated carbocycles. The molecule has 0 spiro atoms. The van der Waals surface area contributed by atoms with Gasteiger partial charge >= 0.3 is 0 Å². The highest BCUT2D eigenvalue weighted by Gasteiger charge is 2.05. The lowest BCUT2D eigenvalue weighted by atomic mass is 10.0. The van der Waals surface area contributed by atoms with Crippen molar-refractivity contribution in [2.45, 2.75) is 6.92 Å². The molecule has 0 atom stereocenters. The maximum atomic E-state index is 8.96. The van der Waals surface area contributed by atoms with Crippen LogP contribution >= 0.6 is 0 Å². The van der Waals surface area contributed by atoms with Gasteiger partial charge in [0.1, 0.15) is 0 Å². The number of nitriles is 1. The lowest BCUT2D eigenvalue weighted by molar-refractivity contribution is 0.747. The standard InChI is InChI=1S/C16H12N4/c1-12-9-15(14-4-2-3-13(10-14)11-17)5-6-16(12)20-18-7-8-19-20/h2-10H,1H3. The Bertz CT molecular complexity index is 782.